The van der Waals surface area contributed by atoms with Crippen molar-refractivity contribution in [2.45, 2.75) is 18.9 Å². The van der Waals surface area contributed by atoms with E-state index in [0.29, 0.717) is 0 Å². The average molecular weight is 406 g/mol. The van der Waals surface area contributed by atoms with E-state index >= 15 is 0 Å². The van der Waals surface area contributed by atoms with Gasteiger partial charge in [0.25, 0.3) is 0 Å². The highest BCUT2D eigenvalue weighted by molar-refractivity contribution is 5.92. The number of rotatable bonds is 5. The first-order valence-corrected chi connectivity index (χ1v) is 10.9. The van der Waals surface area contributed by atoms with E-state index in [1.54, 1.807) is 6.08 Å². The number of hydrogen-bond donors (Lipinski definition) is 0. The highest BCUT2D eigenvalue weighted by Crippen LogP contribution is 2.22. The van der Waals surface area contributed by atoms with Crippen LogP contribution in [0.15, 0.2) is 60.7 Å². The molecular formula is C25H31N3O2. The standard InChI is InChI=1S/C25H31N3O2/c1-26(24-8-5-15-28(20-24)22-6-3-2-4-7-22)25(29)14-11-21-9-12-23(13-10-21)27-16-18-30-19-17-27/h2-4,6-7,9-14,24H,5,8,15-20H2,1H3/b14-11+. The van der Waals surface area contributed by atoms with Crippen LogP contribution in [0.5, 0.6) is 0 Å². The van der Waals surface area contributed by atoms with Gasteiger partial charge in [-0.05, 0) is 48.7 Å². The molecule has 0 aromatic heterocycles. The van der Waals surface area contributed by atoms with Crippen LogP contribution in [0.25, 0.3) is 6.08 Å². The highest BCUT2D eigenvalue weighted by Gasteiger charge is 2.25. The first-order valence-electron chi connectivity index (χ1n) is 10.9. The van der Waals surface area contributed by atoms with E-state index in [1.807, 2.05) is 24.1 Å². The van der Waals surface area contributed by atoms with Gasteiger partial charge >= 0.3 is 0 Å². The molecule has 0 aliphatic carbocycles. The van der Waals surface area contributed by atoms with Crippen LogP contribution in [0, 0.1) is 0 Å². The second-order valence-electron chi connectivity index (χ2n) is 8.05. The summed E-state index contributed by atoms with van der Waals surface area (Å²) in [5.74, 6) is 0.0622. The SMILES string of the molecule is CN(C(=O)/C=C/c1ccc(N2CCOCC2)cc1)C1CCCN(c2ccccc2)C1. The van der Waals surface area contributed by atoms with E-state index in [1.165, 1.54) is 11.4 Å². The molecule has 30 heavy (non-hydrogen) atoms. The Hall–Kier alpha value is -2.79. The minimum absolute atomic E-state index is 0.0622. The van der Waals surface area contributed by atoms with Gasteiger partial charge in [-0.25, -0.2) is 0 Å². The molecule has 1 atom stereocenters. The predicted octanol–water partition coefficient (Wildman–Crippen LogP) is 3.66. The van der Waals surface area contributed by atoms with Crippen molar-refractivity contribution in [3.63, 3.8) is 0 Å². The Morgan fingerprint density at radius 1 is 0.967 bits per heavy atom. The van der Waals surface area contributed by atoms with Crippen molar-refractivity contribution < 1.29 is 9.53 Å². The Balaban J connectivity index is 1.34. The van der Waals surface area contributed by atoms with Gasteiger partial charge in [0.2, 0.25) is 5.91 Å². The lowest BCUT2D eigenvalue weighted by Gasteiger charge is -2.38. The summed E-state index contributed by atoms with van der Waals surface area (Å²) in [5, 5.41) is 0. The summed E-state index contributed by atoms with van der Waals surface area (Å²) in [6.07, 6.45) is 5.77. The maximum Gasteiger partial charge on any atom is 0.246 e. The van der Waals surface area contributed by atoms with Gasteiger partial charge < -0.3 is 19.4 Å². The zero-order valence-electron chi connectivity index (χ0n) is 17.7. The first-order chi connectivity index (χ1) is 14.7. The predicted molar refractivity (Wildman–Crippen MR) is 123 cm³/mol. The lowest BCUT2D eigenvalue weighted by atomic mass is 10.0. The number of morpholine rings is 1. The lowest BCUT2D eigenvalue weighted by Crippen LogP contribution is -2.48. The normalized spacial score (nSPS) is 19.8. The van der Waals surface area contributed by atoms with Crippen molar-refractivity contribution in [1.82, 2.24) is 4.90 Å². The van der Waals surface area contributed by atoms with Crippen molar-refractivity contribution in [2.24, 2.45) is 0 Å². The number of amides is 1. The molecule has 5 nitrogen and oxygen atoms in total. The van der Waals surface area contributed by atoms with Gasteiger partial charge in [0.15, 0.2) is 0 Å². The van der Waals surface area contributed by atoms with Gasteiger partial charge in [-0.3, -0.25) is 4.79 Å². The zero-order chi connectivity index (χ0) is 20.8. The van der Waals surface area contributed by atoms with Gasteiger partial charge in [-0.15, -0.1) is 0 Å². The number of ether oxygens (including phenoxy) is 1. The summed E-state index contributed by atoms with van der Waals surface area (Å²) in [5.41, 5.74) is 3.49. The van der Waals surface area contributed by atoms with Crippen molar-refractivity contribution in [1.29, 1.82) is 0 Å². The van der Waals surface area contributed by atoms with E-state index in [0.717, 1.165) is 57.8 Å². The summed E-state index contributed by atoms with van der Waals surface area (Å²) in [6.45, 7) is 5.36. The number of carbonyl (C=O) groups excluding carboxylic acids is 1. The number of anilines is 2. The van der Waals surface area contributed by atoms with Crippen LogP contribution in [0.3, 0.4) is 0 Å². The van der Waals surface area contributed by atoms with Gasteiger partial charge in [0.05, 0.1) is 13.2 Å². The Bertz CT molecular complexity index is 844. The molecule has 0 radical (unpaired) electrons. The van der Waals surface area contributed by atoms with Crippen molar-refractivity contribution >= 4 is 23.4 Å². The number of piperidine rings is 1. The van der Waals surface area contributed by atoms with Gasteiger partial charge in [-0.1, -0.05) is 30.3 Å². The summed E-state index contributed by atoms with van der Waals surface area (Å²) in [4.78, 5) is 19.4. The number of benzene rings is 2. The number of para-hydroxylation sites is 1. The third kappa shape index (κ3) is 5.03. The van der Waals surface area contributed by atoms with Crippen LogP contribution in [-0.4, -0.2) is 63.3 Å². The molecule has 1 amide bonds. The molecule has 5 heteroatoms. The van der Waals surface area contributed by atoms with E-state index in [9.17, 15) is 4.79 Å². The molecule has 2 heterocycles. The third-order valence-electron chi connectivity index (χ3n) is 6.10. The van der Waals surface area contributed by atoms with Crippen LogP contribution >= 0.6 is 0 Å². The molecule has 1 unspecified atom stereocenters. The van der Waals surface area contributed by atoms with Crippen LogP contribution in [0.1, 0.15) is 18.4 Å². The fourth-order valence-corrected chi connectivity index (χ4v) is 4.23. The average Bonchev–Trinajstić information content (AvgIpc) is 2.83. The molecule has 2 aliphatic heterocycles. The quantitative estimate of drug-likeness (QED) is 0.712. The Morgan fingerprint density at radius 2 is 1.67 bits per heavy atom. The fraction of sp³-hybridized carbons (Fsp3) is 0.400. The maximum absolute atomic E-state index is 12.8. The first kappa shape index (κ1) is 20.5. The van der Waals surface area contributed by atoms with Crippen LogP contribution < -0.4 is 9.80 Å². The van der Waals surface area contributed by atoms with Gasteiger partial charge in [0, 0.05) is 56.7 Å². The maximum atomic E-state index is 12.8. The van der Waals surface area contributed by atoms with Gasteiger partial charge in [-0.2, -0.15) is 0 Å². The molecule has 0 spiro atoms. The molecule has 0 N–H and O–H groups in total. The topological polar surface area (TPSA) is 36.0 Å². The largest absolute Gasteiger partial charge is 0.378 e. The zero-order valence-corrected chi connectivity index (χ0v) is 17.7. The minimum Gasteiger partial charge on any atom is -0.378 e. The highest BCUT2D eigenvalue weighted by atomic mass is 16.5. The summed E-state index contributed by atoms with van der Waals surface area (Å²) in [6, 6.07) is 19.1. The lowest BCUT2D eigenvalue weighted by molar-refractivity contribution is -0.126. The van der Waals surface area contributed by atoms with Crippen molar-refractivity contribution in [2.75, 3.05) is 56.2 Å². The van der Waals surface area contributed by atoms with E-state index in [-0.39, 0.29) is 11.9 Å². The number of likely N-dealkylation sites (N-methyl/N-ethyl adjacent to an activating group) is 1. The molecule has 2 aliphatic rings. The summed E-state index contributed by atoms with van der Waals surface area (Å²) >= 11 is 0. The summed E-state index contributed by atoms with van der Waals surface area (Å²) in [7, 11) is 1.92. The minimum atomic E-state index is 0.0622. The second-order valence-corrected chi connectivity index (χ2v) is 8.05. The summed E-state index contributed by atoms with van der Waals surface area (Å²) < 4.78 is 5.42. The fourth-order valence-electron chi connectivity index (χ4n) is 4.23. The van der Waals surface area contributed by atoms with Crippen molar-refractivity contribution in [3.05, 3.63) is 66.2 Å². The number of carbonyl (C=O) groups is 1. The molecule has 2 aromatic rings. The monoisotopic (exact) mass is 405 g/mol. The van der Waals surface area contributed by atoms with E-state index in [4.69, 9.17) is 4.74 Å². The molecule has 2 fully saturated rings. The van der Waals surface area contributed by atoms with Crippen LogP contribution in [-0.2, 0) is 9.53 Å². The molecule has 158 valence electrons. The molecule has 0 bridgehead atoms. The van der Waals surface area contributed by atoms with E-state index in [2.05, 4.69) is 58.3 Å². The third-order valence-corrected chi connectivity index (χ3v) is 6.10. The van der Waals surface area contributed by atoms with E-state index < -0.39 is 0 Å². The Morgan fingerprint density at radius 3 is 2.40 bits per heavy atom. The Kier molecular flexibility index (Phi) is 6.70. The molecule has 2 saturated heterocycles. The molecular weight excluding hydrogens is 374 g/mol. The number of nitrogens with zero attached hydrogens (tertiary/aromatic N) is 3. The van der Waals surface area contributed by atoms with Crippen LogP contribution in [0.2, 0.25) is 0 Å². The van der Waals surface area contributed by atoms with Crippen molar-refractivity contribution in [3.8, 4) is 0 Å². The molecule has 2 aromatic carbocycles. The van der Waals surface area contributed by atoms with Crippen LogP contribution in [0.4, 0.5) is 11.4 Å². The molecule has 4 rings (SSSR count). The Labute approximate surface area is 179 Å². The molecule has 0 saturated carbocycles. The second kappa shape index (κ2) is 9.81. The number of hydrogen-bond acceptors (Lipinski definition) is 4. The van der Waals surface area contributed by atoms with Gasteiger partial charge in [0.1, 0.15) is 0 Å². The smallest absolute Gasteiger partial charge is 0.246 e.